The molecule has 0 fully saturated rings. The predicted molar refractivity (Wildman–Crippen MR) is 112 cm³/mol. The van der Waals surface area contributed by atoms with E-state index in [0.717, 1.165) is 5.56 Å². The van der Waals surface area contributed by atoms with Gasteiger partial charge in [0.05, 0.1) is 12.3 Å². The Balaban J connectivity index is 0.00000576. The minimum Gasteiger partial charge on any atom is -0.366 e. The smallest absolute Gasteiger partial charge is 0.248 e. The number of nitrogens with zero attached hydrogens (tertiary/aromatic N) is 1. The number of nitrogens with one attached hydrogen (secondary N) is 2. The third kappa shape index (κ3) is 10.3. The molecule has 1 aromatic rings. The van der Waals surface area contributed by atoms with Crippen molar-refractivity contribution in [3.8, 4) is 0 Å². The summed E-state index contributed by atoms with van der Waals surface area (Å²) in [5, 5.41) is 6.32. The Morgan fingerprint density at radius 3 is 2.36 bits per heavy atom. The van der Waals surface area contributed by atoms with E-state index in [2.05, 4.69) is 15.6 Å². The lowest BCUT2D eigenvalue weighted by atomic mass is 10.1. The minimum atomic E-state index is -2.97. The van der Waals surface area contributed by atoms with E-state index in [1.807, 2.05) is 13.8 Å². The van der Waals surface area contributed by atoms with Gasteiger partial charge in [0.1, 0.15) is 9.84 Å². The fraction of sp³-hybridized carbons (Fsp3) is 0.500. The van der Waals surface area contributed by atoms with Crippen molar-refractivity contribution in [1.29, 1.82) is 0 Å². The fourth-order valence-corrected chi connectivity index (χ4v) is 2.74. The van der Waals surface area contributed by atoms with Gasteiger partial charge in [-0.15, -0.1) is 24.0 Å². The van der Waals surface area contributed by atoms with Gasteiger partial charge in [-0.1, -0.05) is 12.1 Å². The van der Waals surface area contributed by atoms with Gasteiger partial charge in [-0.05, 0) is 38.0 Å². The van der Waals surface area contributed by atoms with E-state index in [4.69, 9.17) is 5.73 Å². The number of nitrogens with two attached hydrogens (primary N) is 1. The molecule has 0 saturated carbocycles. The highest BCUT2D eigenvalue weighted by molar-refractivity contribution is 14.0. The molecule has 142 valence electrons. The van der Waals surface area contributed by atoms with E-state index in [1.54, 1.807) is 24.3 Å². The molecule has 0 aliphatic rings. The maximum Gasteiger partial charge on any atom is 0.248 e. The Morgan fingerprint density at radius 1 is 1.28 bits per heavy atom. The molecule has 0 aliphatic heterocycles. The van der Waals surface area contributed by atoms with E-state index >= 15 is 0 Å². The number of primary amides is 1. The summed E-state index contributed by atoms with van der Waals surface area (Å²) in [5.74, 6) is 0.298. The van der Waals surface area contributed by atoms with Crippen LogP contribution in [0.1, 0.15) is 36.2 Å². The molecule has 4 N–H and O–H groups in total. The summed E-state index contributed by atoms with van der Waals surface area (Å²) < 4.78 is 22.5. The summed E-state index contributed by atoms with van der Waals surface area (Å²) in [6, 6.07) is 6.93. The second-order valence-electron chi connectivity index (χ2n) is 5.72. The number of carbonyl (C=O) groups is 1. The average Bonchev–Trinajstić information content (AvgIpc) is 2.50. The van der Waals surface area contributed by atoms with Crippen LogP contribution in [0.15, 0.2) is 29.3 Å². The maximum absolute atomic E-state index is 11.2. The standard InChI is InChI=1S/C16H26N4O3S.HI/c1-4-18-16(20-12(2)9-10-24(3,22)23)19-11-13-5-7-14(8-6-13)15(17)21;/h5-8,12H,4,9-11H2,1-3H3,(H2,17,21)(H2,18,19,20);1H. The topological polar surface area (TPSA) is 114 Å². The van der Waals surface area contributed by atoms with Crippen molar-refractivity contribution < 1.29 is 13.2 Å². The highest BCUT2D eigenvalue weighted by Crippen LogP contribution is 2.05. The number of carbonyl (C=O) groups excluding carboxylic acids is 1. The number of guanidine groups is 1. The first-order valence-corrected chi connectivity index (χ1v) is 9.88. The quantitative estimate of drug-likeness (QED) is 0.294. The van der Waals surface area contributed by atoms with E-state index in [0.29, 0.717) is 31.0 Å². The van der Waals surface area contributed by atoms with Crippen molar-refractivity contribution in [2.45, 2.75) is 32.9 Å². The van der Waals surface area contributed by atoms with E-state index in [9.17, 15) is 13.2 Å². The van der Waals surface area contributed by atoms with Crippen LogP contribution in [0.25, 0.3) is 0 Å². The molecule has 0 spiro atoms. The lowest BCUT2D eigenvalue weighted by Gasteiger charge is -2.17. The molecule has 7 nitrogen and oxygen atoms in total. The van der Waals surface area contributed by atoms with Crippen molar-refractivity contribution in [1.82, 2.24) is 10.6 Å². The first-order chi connectivity index (χ1) is 11.2. The number of rotatable bonds is 8. The molecule has 0 heterocycles. The molecule has 0 aliphatic carbocycles. The van der Waals surface area contributed by atoms with Gasteiger partial charge in [-0.2, -0.15) is 0 Å². The summed E-state index contributed by atoms with van der Waals surface area (Å²) >= 11 is 0. The van der Waals surface area contributed by atoms with Crippen LogP contribution >= 0.6 is 24.0 Å². The van der Waals surface area contributed by atoms with Crippen molar-refractivity contribution in [2.75, 3.05) is 18.6 Å². The predicted octanol–water partition coefficient (Wildman–Crippen LogP) is 1.28. The van der Waals surface area contributed by atoms with Crippen LogP contribution < -0.4 is 16.4 Å². The normalized spacial score (nSPS) is 12.8. The van der Waals surface area contributed by atoms with Gasteiger partial charge < -0.3 is 16.4 Å². The fourth-order valence-electron chi connectivity index (χ4n) is 1.96. The summed E-state index contributed by atoms with van der Waals surface area (Å²) in [4.78, 5) is 15.5. The maximum atomic E-state index is 11.2. The number of hydrogen-bond acceptors (Lipinski definition) is 4. The Hall–Kier alpha value is -1.36. The molecule has 0 saturated heterocycles. The molecule has 1 rings (SSSR count). The number of amides is 1. The lowest BCUT2D eigenvalue weighted by Crippen LogP contribution is -2.42. The molecule has 25 heavy (non-hydrogen) atoms. The summed E-state index contributed by atoms with van der Waals surface area (Å²) in [5.41, 5.74) is 6.62. The molecular formula is C16H27IN4O3S. The Labute approximate surface area is 166 Å². The van der Waals surface area contributed by atoms with Crippen molar-refractivity contribution in [3.63, 3.8) is 0 Å². The molecule has 1 unspecified atom stereocenters. The highest BCUT2D eigenvalue weighted by Gasteiger charge is 2.09. The largest absolute Gasteiger partial charge is 0.366 e. The first-order valence-electron chi connectivity index (χ1n) is 7.82. The molecule has 0 bridgehead atoms. The van der Waals surface area contributed by atoms with Crippen LogP contribution in [0.2, 0.25) is 0 Å². The Morgan fingerprint density at radius 2 is 1.88 bits per heavy atom. The summed E-state index contributed by atoms with van der Waals surface area (Å²) in [6.45, 7) is 5.01. The van der Waals surface area contributed by atoms with E-state index in [-0.39, 0.29) is 35.8 Å². The van der Waals surface area contributed by atoms with Crippen LogP contribution in [0.4, 0.5) is 0 Å². The SMILES string of the molecule is CCNC(=NCc1ccc(C(N)=O)cc1)NC(C)CCS(C)(=O)=O.I. The zero-order chi connectivity index (χ0) is 18.2. The lowest BCUT2D eigenvalue weighted by molar-refractivity contribution is 0.100. The molecule has 1 amide bonds. The minimum absolute atomic E-state index is 0. The van der Waals surface area contributed by atoms with Gasteiger partial charge in [0, 0.05) is 24.4 Å². The molecular weight excluding hydrogens is 455 g/mol. The summed E-state index contributed by atoms with van der Waals surface area (Å²) in [7, 11) is -2.97. The Bertz CT molecular complexity index is 675. The third-order valence-corrected chi connectivity index (χ3v) is 4.28. The second-order valence-corrected chi connectivity index (χ2v) is 7.98. The van der Waals surface area contributed by atoms with Gasteiger partial charge in [0.15, 0.2) is 5.96 Å². The van der Waals surface area contributed by atoms with E-state index < -0.39 is 15.7 Å². The number of sulfone groups is 1. The molecule has 1 atom stereocenters. The summed E-state index contributed by atoms with van der Waals surface area (Å²) in [6.07, 6.45) is 1.74. The van der Waals surface area contributed by atoms with Crippen LogP contribution in [-0.2, 0) is 16.4 Å². The van der Waals surface area contributed by atoms with Crippen LogP contribution in [-0.4, -0.2) is 44.9 Å². The molecule has 0 aromatic heterocycles. The van der Waals surface area contributed by atoms with Crippen molar-refractivity contribution in [3.05, 3.63) is 35.4 Å². The van der Waals surface area contributed by atoms with Gasteiger partial charge in [-0.25, -0.2) is 13.4 Å². The second kappa shape index (κ2) is 11.3. The number of benzene rings is 1. The molecule has 1 aromatic carbocycles. The zero-order valence-electron chi connectivity index (χ0n) is 14.8. The Kier molecular flexibility index (Phi) is 10.7. The molecule has 9 heteroatoms. The van der Waals surface area contributed by atoms with Crippen LogP contribution in [0, 0.1) is 0 Å². The zero-order valence-corrected chi connectivity index (χ0v) is 17.9. The average molecular weight is 482 g/mol. The molecule has 0 radical (unpaired) electrons. The van der Waals surface area contributed by atoms with Crippen molar-refractivity contribution >= 4 is 45.7 Å². The van der Waals surface area contributed by atoms with Gasteiger partial charge in [0.25, 0.3) is 0 Å². The monoisotopic (exact) mass is 482 g/mol. The van der Waals surface area contributed by atoms with E-state index in [1.165, 1.54) is 6.26 Å². The van der Waals surface area contributed by atoms with Gasteiger partial charge in [0.2, 0.25) is 5.91 Å². The number of halogens is 1. The van der Waals surface area contributed by atoms with Crippen LogP contribution in [0.5, 0.6) is 0 Å². The van der Waals surface area contributed by atoms with Gasteiger partial charge >= 0.3 is 0 Å². The highest BCUT2D eigenvalue weighted by atomic mass is 127. The van der Waals surface area contributed by atoms with Crippen LogP contribution in [0.3, 0.4) is 0 Å². The number of aliphatic imine (C=N–C) groups is 1. The first kappa shape index (κ1) is 23.6. The number of hydrogen-bond donors (Lipinski definition) is 3. The third-order valence-electron chi connectivity index (χ3n) is 3.31. The van der Waals surface area contributed by atoms with Gasteiger partial charge in [-0.3, -0.25) is 4.79 Å². The van der Waals surface area contributed by atoms with Crippen molar-refractivity contribution in [2.24, 2.45) is 10.7 Å².